The van der Waals surface area contributed by atoms with E-state index < -0.39 is 6.04 Å². The van der Waals surface area contributed by atoms with Crippen molar-refractivity contribution in [1.82, 2.24) is 10.2 Å². The number of nitrogens with one attached hydrogen (secondary N) is 1. The summed E-state index contributed by atoms with van der Waals surface area (Å²) in [5.41, 5.74) is 2.18. The van der Waals surface area contributed by atoms with E-state index in [1.165, 1.54) is 12.1 Å². The highest BCUT2D eigenvalue weighted by Crippen LogP contribution is 2.25. The summed E-state index contributed by atoms with van der Waals surface area (Å²) in [5, 5.41) is 2.85. The Morgan fingerprint density at radius 2 is 1.93 bits per heavy atom. The zero-order chi connectivity index (χ0) is 20.8. The van der Waals surface area contributed by atoms with Crippen molar-refractivity contribution in [2.75, 3.05) is 13.2 Å². The summed E-state index contributed by atoms with van der Waals surface area (Å²) in [5.74, 6) is 0.0689. The Bertz CT molecular complexity index is 869. The lowest BCUT2D eigenvalue weighted by atomic mass is 9.92. The highest BCUT2D eigenvalue weighted by Gasteiger charge is 2.34. The van der Waals surface area contributed by atoms with Crippen LogP contribution in [0.2, 0.25) is 0 Å². The zero-order valence-electron chi connectivity index (χ0n) is 16.9. The SMILES string of the molecule is CC(C)CC(=O)N1Cc2ccccc2CC1C(=O)NCCOc1cccc(F)c1. The van der Waals surface area contributed by atoms with Gasteiger partial charge in [0.2, 0.25) is 11.8 Å². The standard InChI is InChI=1S/C23H27FN2O3/c1-16(2)12-22(27)26-15-18-7-4-3-6-17(18)13-21(26)23(28)25-10-11-29-20-9-5-8-19(24)14-20/h3-9,14,16,21H,10-13,15H2,1-2H3,(H,25,28). The van der Waals surface area contributed by atoms with E-state index in [2.05, 4.69) is 5.32 Å². The van der Waals surface area contributed by atoms with Crippen LogP contribution in [0.15, 0.2) is 48.5 Å². The fourth-order valence-corrected chi connectivity index (χ4v) is 3.50. The third kappa shape index (κ3) is 5.56. The van der Waals surface area contributed by atoms with Gasteiger partial charge in [-0.15, -0.1) is 0 Å². The summed E-state index contributed by atoms with van der Waals surface area (Å²) in [6.45, 7) is 4.93. The number of benzene rings is 2. The van der Waals surface area contributed by atoms with E-state index in [0.717, 1.165) is 11.1 Å². The van der Waals surface area contributed by atoms with Gasteiger partial charge in [0.15, 0.2) is 0 Å². The molecule has 0 saturated heterocycles. The van der Waals surface area contributed by atoms with E-state index in [4.69, 9.17) is 4.74 Å². The van der Waals surface area contributed by atoms with E-state index >= 15 is 0 Å². The Kier molecular flexibility index (Phi) is 6.86. The van der Waals surface area contributed by atoms with Crippen molar-refractivity contribution >= 4 is 11.8 Å². The largest absolute Gasteiger partial charge is 0.492 e. The molecule has 5 nitrogen and oxygen atoms in total. The summed E-state index contributed by atoms with van der Waals surface area (Å²) in [4.78, 5) is 27.3. The van der Waals surface area contributed by atoms with E-state index in [-0.39, 0.29) is 36.7 Å². The fourth-order valence-electron chi connectivity index (χ4n) is 3.50. The summed E-state index contributed by atoms with van der Waals surface area (Å²) in [6, 6.07) is 13.3. The predicted molar refractivity (Wildman–Crippen MR) is 109 cm³/mol. The van der Waals surface area contributed by atoms with E-state index in [1.807, 2.05) is 38.1 Å². The molecule has 1 unspecified atom stereocenters. The van der Waals surface area contributed by atoms with E-state index in [0.29, 0.717) is 25.1 Å². The minimum Gasteiger partial charge on any atom is -0.492 e. The number of nitrogens with zero attached hydrogens (tertiary/aromatic N) is 1. The molecule has 1 heterocycles. The molecule has 6 heteroatoms. The second kappa shape index (κ2) is 9.54. The zero-order valence-corrected chi connectivity index (χ0v) is 16.9. The van der Waals surface area contributed by atoms with Crippen molar-refractivity contribution in [3.05, 3.63) is 65.5 Å². The Morgan fingerprint density at radius 1 is 1.17 bits per heavy atom. The van der Waals surface area contributed by atoms with E-state index in [1.54, 1.807) is 17.0 Å². The Labute approximate surface area is 170 Å². The number of carbonyl (C=O) groups excluding carboxylic acids is 2. The Balaban J connectivity index is 1.61. The first-order valence-corrected chi connectivity index (χ1v) is 9.96. The van der Waals surface area contributed by atoms with Crippen molar-refractivity contribution in [2.45, 2.75) is 39.3 Å². The first-order chi connectivity index (χ1) is 13.9. The smallest absolute Gasteiger partial charge is 0.243 e. The molecule has 2 aromatic rings. The van der Waals surface area contributed by atoms with Crippen LogP contribution >= 0.6 is 0 Å². The fraction of sp³-hybridized carbons (Fsp3) is 0.391. The van der Waals surface area contributed by atoms with Crippen LogP contribution in [0.25, 0.3) is 0 Å². The molecule has 2 aromatic carbocycles. The van der Waals surface area contributed by atoms with Crippen molar-refractivity contribution in [2.24, 2.45) is 5.92 Å². The highest BCUT2D eigenvalue weighted by atomic mass is 19.1. The van der Waals surface area contributed by atoms with Gasteiger partial charge >= 0.3 is 0 Å². The molecule has 3 rings (SSSR count). The molecule has 1 aliphatic rings. The summed E-state index contributed by atoms with van der Waals surface area (Å²) < 4.78 is 18.7. The molecule has 29 heavy (non-hydrogen) atoms. The average molecular weight is 398 g/mol. The van der Waals surface area contributed by atoms with Crippen LogP contribution in [0.5, 0.6) is 5.75 Å². The van der Waals surface area contributed by atoms with Crippen LogP contribution in [0.3, 0.4) is 0 Å². The van der Waals surface area contributed by atoms with Crippen molar-refractivity contribution < 1.29 is 18.7 Å². The minimum atomic E-state index is -0.537. The molecule has 154 valence electrons. The van der Waals surface area contributed by atoms with Crippen LogP contribution in [0, 0.1) is 11.7 Å². The van der Waals surface area contributed by atoms with Gasteiger partial charge in [0, 0.05) is 25.5 Å². The summed E-state index contributed by atoms with van der Waals surface area (Å²) >= 11 is 0. The van der Waals surface area contributed by atoms with Crippen LogP contribution in [-0.2, 0) is 22.6 Å². The molecule has 2 amide bonds. The first-order valence-electron chi connectivity index (χ1n) is 9.96. The van der Waals surface area contributed by atoms with Crippen molar-refractivity contribution in [3.8, 4) is 5.75 Å². The van der Waals surface area contributed by atoms with Gasteiger partial charge in [0.05, 0.1) is 6.54 Å². The Hall–Kier alpha value is -2.89. The number of rotatable bonds is 7. The van der Waals surface area contributed by atoms with Gasteiger partial charge in [0.25, 0.3) is 0 Å². The second-order valence-electron chi connectivity index (χ2n) is 7.71. The molecule has 0 spiro atoms. The van der Waals surface area contributed by atoms with Crippen molar-refractivity contribution in [3.63, 3.8) is 0 Å². The van der Waals surface area contributed by atoms with E-state index in [9.17, 15) is 14.0 Å². The number of hydrogen-bond donors (Lipinski definition) is 1. The highest BCUT2D eigenvalue weighted by molar-refractivity contribution is 5.88. The first kappa shape index (κ1) is 20.8. The van der Waals surface area contributed by atoms with Gasteiger partial charge < -0.3 is 15.0 Å². The second-order valence-corrected chi connectivity index (χ2v) is 7.71. The third-order valence-electron chi connectivity index (χ3n) is 4.92. The van der Waals surface area contributed by atoms with Crippen LogP contribution in [-0.4, -0.2) is 35.9 Å². The molecule has 0 aromatic heterocycles. The molecule has 0 radical (unpaired) electrons. The van der Waals surface area contributed by atoms with Gasteiger partial charge in [-0.3, -0.25) is 9.59 Å². The molecule has 0 fully saturated rings. The van der Waals surface area contributed by atoms with Crippen molar-refractivity contribution in [1.29, 1.82) is 0 Å². The molecule has 1 N–H and O–H groups in total. The van der Waals surface area contributed by atoms with Gasteiger partial charge in [-0.05, 0) is 29.2 Å². The summed E-state index contributed by atoms with van der Waals surface area (Å²) in [6.07, 6.45) is 0.908. The maximum absolute atomic E-state index is 13.2. The number of halogens is 1. The maximum atomic E-state index is 13.2. The normalized spacial score (nSPS) is 15.7. The lowest BCUT2D eigenvalue weighted by molar-refractivity contribution is -0.142. The van der Waals surface area contributed by atoms with Gasteiger partial charge in [0.1, 0.15) is 24.2 Å². The number of amides is 2. The molecule has 1 aliphatic heterocycles. The number of fused-ring (bicyclic) bond motifs is 1. The molecule has 0 aliphatic carbocycles. The molecule has 0 saturated carbocycles. The lowest BCUT2D eigenvalue weighted by Crippen LogP contribution is -2.53. The Morgan fingerprint density at radius 3 is 2.66 bits per heavy atom. The monoisotopic (exact) mass is 398 g/mol. The topological polar surface area (TPSA) is 58.6 Å². The maximum Gasteiger partial charge on any atom is 0.243 e. The van der Waals surface area contributed by atoms with Gasteiger partial charge in [-0.25, -0.2) is 4.39 Å². The van der Waals surface area contributed by atoms with Gasteiger partial charge in [-0.2, -0.15) is 0 Å². The predicted octanol–water partition coefficient (Wildman–Crippen LogP) is 3.32. The van der Waals surface area contributed by atoms with Gasteiger partial charge in [-0.1, -0.05) is 44.2 Å². The third-order valence-corrected chi connectivity index (χ3v) is 4.92. The molecular weight excluding hydrogens is 371 g/mol. The number of carbonyl (C=O) groups is 2. The van der Waals surface area contributed by atoms with Crippen LogP contribution in [0.1, 0.15) is 31.4 Å². The quantitative estimate of drug-likeness (QED) is 0.728. The summed E-state index contributed by atoms with van der Waals surface area (Å²) in [7, 11) is 0. The lowest BCUT2D eigenvalue weighted by Gasteiger charge is -2.36. The molecule has 0 bridgehead atoms. The minimum absolute atomic E-state index is 0.00864. The molecular formula is C23H27FN2O3. The number of ether oxygens (including phenoxy) is 1. The van der Waals surface area contributed by atoms with Crippen LogP contribution in [0.4, 0.5) is 4.39 Å². The molecule has 1 atom stereocenters. The average Bonchev–Trinajstić information content (AvgIpc) is 2.69. The van der Waals surface area contributed by atoms with Crippen LogP contribution < -0.4 is 10.1 Å². The number of hydrogen-bond acceptors (Lipinski definition) is 3.